The highest BCUT2D eigenvalue weighted by Gasteiger charge is 2.20. The van der Waals surface area contributed by atoms with Crippen molar-refractivity contribution in [3.8, 4) is 34.5 Å². The van der Waals surface area contributed by atoms with E-state index in [0.29, 0.717) is 55.7 Å². The average Bonchev–Trinajstić information content (AvgIpc) is 3.27. The second-order valence-electron chi connectivity index (χ2n) is 13.3. The van der Waals surface area contributed by atoms with Gasteiger partial charge in [0, 0.05) is 22.2 Å². The van der Waals surface area contributed by atoms with E-state index in [1.165, 1.54) is 25.3 Å². The Morgan fingerprint density at radius 1 is 0.525 bits per heavy atom. The van der Waals surface area contributed by atoms with Crippen LogP contribution in [0.15, 0.2) is 133 Å². The molecule has 0 unspecified atom stereocenters. The fourth-order valence-electron chi connectivity index (χ4n) is 5.78. The summed E-state index contributed by atoms with van der Waals surface area (Å²) in [5.41, 5.74) is 2.80. The molecule has 12 nitrogen and oxygen atoms in total. The minimum absolute atomic E-state index is 0.182. The van der Waals surface area contributed by atoms with E-state index in [-0.39, 0.29) is 35.0 Å². The van der Waals surface area contributed by atoms with Crippen LogP contribution < -0.4 is 29.6 Å². The van der Waals surface area contributed by atoms with E-state index in [2.05, 4.69) is 10.6 Å². The van der Waals surface area contributed by atoms with Crippen LogP contribution in [0.4, 0.5) is 0 Å². The fraction of sp³-hybridized carbons (Fsp3) is 0.149. The summed E-state index contributed by atoms with van der Waals surface area (Å²) >= 11 is 12.2. The standard InChI is InChI=1S/C24H22ClNO5.C23H20ClNO5/c1-15(16-7-9-17(10-8-16)24(28)30-3)26-23(27)21-13-18(25)11-12-22(21)31-20-6-4-5-19(14-20)29-2;1-14(15-6-8-16(9-7-15)23(27)28)25-22(26)20-12-17(24)10-11-21(20)30-19-5-3-4-18(13-19)29-2/h4-15H,1-3H3,(H,26,27);3-14H,1-2H3,(H,25,26)(H,27,28)/t15-;14-/m00/s1. The topological polar surface area (TPSA) is 159 Å². The molecule has 0 saturated carbocycles. The minimum Gasteiger partial charge on any atom is -0.497 e. The average molecular weight is 866 g/mol. The number of benzene rings is 6. The predicted octanol–water partition coefficient (Wildman–Crippen LogP) is 10.7. The van der Waals surface area contributed by atoms with E-state index in [0.717, 1.165) is 11.1 Å². The van der Waals surface area contributed by atoms with Crippen LogP contribution >= 0.6 is 23.2 Å². The summed E-state index contributed by atoms with van der Waals surface area (Å²) in [6.45, 7) is 3.65. The van der Waals surface area contributed by atoms with Gasteiger partial charge in [0.2, 0.25) is 0 Å². The van der Waals surface area contributed by atoms with Gasteiger partial charge in [0.05, 0.1) is 55.7 Å². The van der Waals surface area contributed by atoms with Gasteiger partial charge in [-0.25, -0.2) is 9.59 Å². The number of amides is 2. The van der Waals surface area contributed by atoms with Crippen LogP contribution in [0.1, 0.15) is 78.5 Å². The molecule has 0 aliphatic carbocycles. The lowest BCUT2D eigenvalue weighted by atomic mass is 10.1. The fourth-order valence-corrected chi connectivity index (χ4v) is 6.12. The Labute approximate surface area is 362 Å². The summed E-state index contributed by atoms with van der Waals surface area (Å²) in [4.78, 5) is 48.5. The van der Waals surface area contributed by atoms with Crippen LogP contribution in [0.25, 0.3) is 0 Å². The highest BCUT2D eigenvalue weighted by molar-refractivity contribution is 6.31. The van der Waals surface area contributed by atoms with E-state index >= 15 is 0 Å². The number of aromatic carboxylic acids is 1. The van der Waals surface area contributed by atoms with Gasteiger partial charge < -0.3 is 39.4 Å². The highest BCUT2D eigenvalue weighted by atomic mass is 35.5. The Morgan fingerprint density at radius 2 is 0.918 bits per heavy atom. The SMILES string of the molecule is COC(=O)c1ccc([C@H](C)NC(=O)c2cc(Cl)ccc2Oc2cccc(OC)c2)cc1.COc1cccc(Oc2ccc(Cl)cc2C(=O)N[C@@H](C)c2ccc(C(=O)O)cc2)c1. The summed E-state index contributed by atoms with van der Waals surface area (Å²) in [5.74, 6) is 0.896. The molecular formula is C47H42Cl2N2O10. The summed E-state index contributed by atoms with van der Waals surface area (Å²) in [5, 5.41) is 15.6. The largest absolute Gasteiger partial charge is 0.497 e. The number of halogens is 2. The van der Waals surface area contributed by atoms with Gasteiger partial charge in [0.25, 0.3) is 11.8 Å². The quantitative estimate of drug-likeness (QED) is 0.0900. The maximum Gasteiger partial charge on any atom is 0.337 e. The number of hydrogen-bond acceptors (Lipinski definition) is 9. The van der Waals surface area contributed by atoms with Crippen molar-refractivity contribution in [1.29, 1.82) is 0 Å². The number of hydrogen-bond donors (Lipinski definition) is 3. The molecule has 6 rings (SSSR count). The molecule has 0 saturated heterocycles. The molecule has 2 amide bonds. The molecule has 61 heavy (non-hydrogen) atoms. The molecule has 0 spiro atoms. The Hall–Kier alpha value is -7.02. The molecule has 0 radical (unpaired) electrons. The molecule has 0 aliphatic rings. The van der Waals surface area contributed by atoms with Gasteiger partial charge in [-0.1, -0.05) is 59.6 Å². The first-order valence-corrected chi connectivity index (χ1v) is 19.4. The summed E-state index contributed by atoms with van der Waals surface area (Å²) in [6, 6.07) is 36.3. The van der Waals surface area contributed by atoms with Crippen LogP contribution in [-0.2, 0) is 4.74 Å². The normalized spacial score (nSPS) is 11.4. The predicted molar refractivity (Wildman–Crippen MR) is 232 cm³/mol. The third-order valence-corrected chi connectivity index (χ3v) is 9.57. The number of ether oxygens (including phenoxy) is 5. The first-order valence-electron chi connectivity index (χ1n) is 18.6. The van der Waals surface area contributed by atoms with E-state index < -0.39 is 11.9 Å². The number of methoxy groups -OCH3 is 3. The van der Waals surface area contributed by atoms with Crippen molar-refractivity contribution in [1.82, 2.24) is 10.6 Å². The minimum atomic E-state index is -1.00. The lowest BCUT2D eigenvalue weighted by Gasteiger charge is -2.17. The molecule has 0 heterocycles. The van der Waals surface area contributed by atoms with Gasteiger partial charge in [0.15, 0.2) is 0 Å². The smallest absolute Gasteiger partial charge is 0.337 e. The second kappa shape index (κ2) is 21.3. The molecule has 0 fully saturated rings. The maximum absolute atomic E-state index is 13.0. The van der Waals surface area contributed by atoms with E-state index in [1.54, 1.807) is 136 Å². The van der Waals surface area contributed by atoms with Crippen LogP contribution in [0.3, 0.4) is 0 Å². The zero-order valence-electron chi connectivity index (χ0n) is 33.7. The van der Waals surface area contributed by atoms with Crippen molar-refractivity contribution in [2.24, 2.45) is 0 Å². The zero-order chi connectivity index (χ0) is 44.1. The number of carboxylic acids is 1. The Kier molecular flexibility index (Phi) is 15.7. The van der Waals surface area contributed by atoms with Crippen molar-refractivity contribution in [3.63, 3.8) is 0 Å². The number of carbonyl (C=O) groups is 4. The van der Waals surface area contributed by atoms with E-state index in [1.807, 2.05) is 6.92 Å². The maximum atomic E-state index is 13.0. The third-order valence-electron chi connectivity index (χ3n) is 9.10. The zero-order valence-corrected chi connectivity index (χ0v) is 35.2. The molecule has 314 valence electrons. The van der Waals surface area contributed by atoms with Crippen LogP contribution in [-0.4, -0.2) is 50.2 Å². The van der Waals surface area contributed by atoms with Gasteiger partial charge in [0.1, 0.15) is 34.5 Å². The molecule has 2 atom stereocenters. The Bertz CT molecular complexity index is 2490. The molecule has 14 heteroatoms. The second-order valence-corrected chi connectivity index (χ2v) is 14.1. The third kappa shape index (κ3) is 12.5. The Balaban J connectivity index is 0.000000231. The van der Waals surface area contributed by atoms with Crippen LogP contribution in [0.2, 0.25) is 10.0 Å². The number of carboxylic acid groups (broad SMARTS) is 1. The van der Waals surface area contributed by atoms with Crippen molar-refractivity contribution in [2.75, 3.05) is 21.3 Å². The lowest BCUT2D eigenvalue weighted by Crippen LogP contribution is -2.27. The first-order chi connectivity index (χ1) is 29.3. The van der Waals surface area contributed by atoms with Crippen molar-refractivity contribution >= 4 is 47.0 Å². The number of rotatable bonds is 14. The Morgan fingerprint density at radius 3 is 1.30 bits per heavy atom. The van der Waals surface area contributed by atoms with Gasteiger partial charge in [-0.2, -0.15) is 0 Å². The first kappa shape index (κ1) is 45.1. The number of esters is 1. The van der Waals surface area contributed by atoms with Crippen LogP contribution in [0.5, 0.6) is 34.5 Å². The summed E-state index contributed by atoms with van der Waals surface area (Å²) in [6.07, 6.45) is 0. The van der Waals surface area contributed by atoms with Gasteiger partial charge >= 0.3 is 11.9 Å². The van der Waals surface area contributed by atoms with Crippen molar-refractivity contribution in [3.05, 3.63) is 177 Å². The molecular weight excluding hydrogens is 823 g/mol. The molecule has 0 aliphatic heterocycles. The van der Waals surface area contributed by atoms with Gasteiger partial charge in [-0.3, -0.25) is 9.59 Å². The monoisotopic (exact) mass is 864 g/mol. The number of nitrogens with one attached hydrogen (secondary N) is 2. The number of carbonyl (C=O) groups excluding carboxylic acids is 3. The lowest BCUT2D eigenvalue weighted by molar-refractivity contribution is 0.0599. The van der Waals surface area contributed by atoms with E-state index in [4.69, 9.17) is 52.0 Å². The van der Waals surface area contributed by atoms with Gasteiger partial charge in [-0.05, 0) is 110 Å². The van der Waals surface area contributed by atoms with Gasteiger partial charge in [-0.15, -0.1) is 0 Å². The van der Waals surface area contributed by atoms with Crippen molar-refractivity contribution < 1.29 is 48.0 Å². The summed E-state index contributed by atoms with van der Waals surface area (Å²) < 4.78 is 26.9. The highest BCUT2D eigenvalue weighted by Crippen LogP contribution is 2.32. The van der Waals surface area contributed by atoms with Crippen molar-refractivity contribution in [2.45, 2.75) is 25.9 Å². The molecule has 0 aromatic heterocycles. The molecule has 3 N–H and O–H groups in total. The summed E-state index contributed by atoms with van der Waals surface area (Å²) in [7, 11) is 4.46. The van der Waals surface area contributed by atoms with Crippen LogP contribution in [0, 0.1) is 0 Å². The molecule has 0 bridgehead atoms. The molecule has 6 aromatic carbocycles. The van der Waals surface area contributed by atoms with E-state index in [9.17, 15) is 19.2 Å². The molecule has 6 aromatic rings.